The molecule has 0 atom stereocenters. The van der Waals surface area contributed by atoms with Gasteiger partial charge >= 0.3 is 0 Å². The van der Waals surface area contributed by atoms with Gasteiger partial charge in [-0.2, -0.15) is 5.10 Å². The fourth-order valence-electron chi connectivity index (χ4n) is 2.30. The highest BCUT2D eigenvalue weighted by atomic mass is 35.5. The first kappa shape index (κ1) is 15.9. The van der Waals surface area contributed by atoms with Crippen LogP contribution in [0.3, 0.4) is 0 Å². The summed E-state index contributed by atoms with van der Waals surface area (Å²) < 4.78 is 2.73. The van der Waals surface area contributed by atoms with Crippen LogP contribution >= 0.6 is 34.7 Å². The fourth-order valence-corrected chi connectivity index (χ4v) is 4.63. The second-order valence-corrected chi connectivity index (χ2v) is 8.24. The molecule has 1 saturated carbocycles. The summed E-state index contributed by atoms with van der Waals surface area (Å²) in [6.07, 6.45) is 2.46. The molecule has 124 valence electrons. The summed E-state index contributed by atoms with van der Waals surface area (Å²) in [5, 5.41) is 17.9. The zero-order valence-corrected chi connectivity index (χ0v) is 15.5. The van der Waals surface area contributed by atoms with Crippen molar-refractivity contribution in [2.24, 2.45) is 0 Å². The van der Waals surface area contributed by atoms with E-state index in [-0.39, 0.29) is 0 Å². The molecule has 0 radical (unpaired) electrons. The van der Waals surface area contributed by atoms with Gasteiger partial charge in [-0.15, -0.1) is 10.2 Å². The number of thioether (sulfide) groups is 1. The van der Waals surface area contributed by atoms with Crippen molar-refractivity contribution >= 4 is 39.8 Å². The van der Waals surface area contributed by atoms with Crippen molar-refractivity contribution in [3.8, 4) is 5.69 Å². The van der Waals surface area contributed by atoms with Gasteiger partial charge in [0.25, 0.3) is 0 Å². The lowest BCUT2D eigenvalue weighted by molar-refractivity contribution is 0.863. The molecule has 2 aromatic heterocycles. The molecule has 1 aliphatic rings. The van der Waals surface area contributed by atoms with Gasteiger partial charge in [0.05, 0.1) is 11.4 Å². The summed E-state index contributed by atoms with van der Waals surface area (Å²) in [5.41, 5.74) is 2.95. The largest absolute Gasteiger partial charge is 0.357 e. The van der Waals surface area contributed by atoms with E-state index in [4.69, 9.17) is 11.6 Å². The Morgan fingerprint density at radius 3 is 2.83 bits per heavy atom. The Kier molecular flexibility index (Phi) is 4.47. The first-order chi connectivity index (χ1) is 11.7. The number of halogens is 1. The van der Waals surface area contributed by atoms with Crippen LogP contribution in [0.15, 0.2) is 34.7 Å². The molecule has 1 N–H and O–H groups in total. The molecule has 1 fully saturated rings. The monoisotopic (exact) mass is 377 g/mol. The number of para-hydroxylation sites is 1. The third-order valence-electron chi connectivity index (χ3n) is 3.77. The first-order valence-electron chi connectivity index (χ1n) is 7.73. The van der Waals surface area contributed by atoms with Crippen molar-refractivity contribution < 1.29 is 0 Å². The van der Waals surface area contributed by atoms with Crippen molar-refractivity contribution in [3.63, 3.8) is 0 Å². The van der Waals surface area contributed by atoms with Gasteiger partial charge in [0, 0.05) is 17.4 Å². The second-order valence-electron chi connectivity index (χ2n) is 5.68. The van der Waals surface area contributed by atoms with E-state index in [1.807, 2.05) is 37.3 Å². The molecule has 3 aromatic rings. The number of anilines is 1. The Bertz CT molecular complexity index is 842. The minimum absolute atomic E-state index is 0.594. The van der Waals surface area contributed by atoms with Crippen molar-refractivity contribution in [2.75, 3.05) is 5.32 Å². The summed E-state index contributed by atoms with van der Waals surface area (Å²) in [6, 6.07) is 10.5. The molecular formula is C16H16ClN5S2. The SMILES string of the molecule is Cc1nn(-c2ccccc2)c(Cl)c1CSc1nnc(NC2CC2)s1. The highest BCUT2D eigenvalue weighted by molar-refractivity contribution is 8.00. The van der Waals surface area contributed by atoms with E-state index >= 15 is 0 Å². The molecule has 1 aromatic carbocycles. The number of nitrogens with one attached hydrogen (secondary N) is 1. The minimum atomic E-state index is 0.594. The van der Waals surface area contributed by atoms with Crippen LogP contribution < -0.4 is 5.32 Å². The van der Waals surface area contributed by atoms with Crippen LogP contribution in [-0.4, -0.2) is 26.0 Å². The topological polar surface area (TPSA) is 55.6 Å². The molecule has 0 aliphatic heterocycles. The Morgan fingerprint density at radius 2 is 2.08 bits per heavy atom. The standard InChI is InChI=1S/C16H16ClN5S2/c1-10-13(14(17)22(21-10)12-5-3-2-4-6-12)9-23-16-20-19-15(24-16)18-11-7-8-11/h2-6,11H,7-9H2,1H3,(H,18,19). The van der Waals surface area contributed by atoms with Gasteiger partial charge in [0.2, 0.25) is 5.13 Å². The summed E-state index contributed by atoms with van der Waals surface area (Å²) in [5.74, 6) is 0.732. The molecule has 0 saturated heterocycles. The number of nitrogens with zero attached hydrogens (tertiary/aromatic N) is 4. The van der Waals surface area contributed by atoms with Crippen molar-refractivity contribution in [2.45, 2.75) is 35.9 Å². The molecule has 5 nitrogen and oxygen atoms in total. The van der Waals surface area contributed by atoms with E-state index in [0.717, 1.165) is 32.2 Å². The smallest absolute Gasteiger partial charge is 0.206 e. The number of hydrogen-bond acceptors (Lipinski definition) is 6. The predicted octanol–water partition coefficient (Wildman–Crippen LogP) is 4.55. The molecule has 0 spiro atoms. The summed E-state index contributed by atoms with van der Waals surface area (Å²) in [7, 11) is 0. The van der Waals surface area contributed by atoms with Crippen molar-refractivity contribution in [1.29, 1.82) is 0 Å². The molecule has 8 heteroatoms. The zero-order valence-electron chi connectivity index (χ0n) is 13.1. The van der Waals surface area contributed by atoms with E-state index in [1.54, 1.807) is 27.8 Å². The molecular weight excluding hydrogens is 362 g/mol. The van der Waals surface area contributed by atoms with E-state index in [0.29, 0.717) is 11.2 Å². The molecule has 4 rings (SSSR count). The van der Waals surface area contributed by atoms with E-state index in [9.17, 15) is 0 Å². The molecule has 2 heterocycles. The summed E-state index contributed by atoms with van der Waals surface area (Å²) in [6.45, 7) is 1.99. The van der Waals surface area contributed by atoms with E-state index < -0.39 is 0 Å². The number of rotatable bonds is 6. The maximum absolute atomic E-state index is 6.55. The van der Waals surface area contributed by atoms with Crippen LogP contribution in [0.1, 0.15) is 24.1 Å². The van der Waals surface area contributed by atoms with Gasteiger partial charge in [-0.1, -0.05) is 52.9 Å². The third-order valence-corrected chi connectivity index (χ3v) is 6.18. The Balaban J connectivity index is 1.48. The van der Waals surface area contributed by atoms with Crippen LogP contribution in [0.5, 0.6) is 0 Å². The molecule has 0 amide bonds. The predicted molar refractivity (Wildman–Crippen MR) is 99.4 cm³/mol. The van der Waals surface area contributed by atoms with Gasteiger partial charge in [-0.25, -0.2) is 4.68 Å². The number of aromatic nitrogens is 4. The van der Waals surface area contributed by atoms with Gasteiger partial charge in [0.15, 0.2) is 4.34 Å². The zero-order chi connectivity index (χ0) is 16.5. The Hall–Kier alpha value is -1.57. The maximum Gasteiger partial charge on any atom is 0.206 e. The van der Waals surface area contributed by atoms with Gasteiger partial charge < -0.3 is 5.32 Å². The minimum Gasteiger partial charge on any atom is -0.357 e. The molecule has 0 bridgehead atoms. The average molecular weight is 378 g/mol. The van der Waals surface area contributed by atoms with Crippen LogP contribution in [0.25, 0.3) is 5.69 Å². The summed E-state index contributed by atoms with van der Waals surface area (Å²) >= 11 is 9.80. The van der Waals surface area contributed by atoms with E-state index in [1.165, 1.54) is 12.8 Å². The van der Waals surface area contributed by atoms with Gasteiger partial charge in [-0.05, 0) is 31.9 Å². The van der Waals surface area contributed by atoms with Crippen molar-refractivity contribution in [1.82, 2.24) is 20.0 Å². The normalized spacial score (nSPS) is 14.1. The fraction of sp³-hybridized carbons (Fsp3) is 0.312. The highest BCUT2D eigenvalue weighted by Gasteiger charge is 2.22. The first-order valence-corrected chi connectivity index (χ1v) is 9.91. The molecule has 24 heavy (non-hydrogen) atoms. The summed E-state index contributed by atoms with van der Waals surface area (Å²) in [4.78, 5) is 0. The lowest BCUT2D eigenvalue weighted by Gasteiger charge is -2.02. The average Bonchev–Trinajstić information content (AvgIpc) is 3.22. The Morgan fingerprint density at radius 1 is 1.29 bits per heavy atom. The lowest BCUT2D eigenvalue weighted by atomic mass is 10.3. The number of aryl methyl sites for hydroxylation is 1. The van der Waals surface area contributed by atoms with E-state index in [2.05, 4.69) is 20.6 Å². The van der Waals surface area contributed by atoms with Crippen LogP contribution in [0.4, 0.5) is 5.13 Å². The second kappa shape index (κ2) is 6.74. The quantitative estimate of drug-likeness (QED) is 0.638. The van der Waals surface area contributed by atoms with Crippen LogP contribution in [0.2, 0.25) is 5.15 Å². The van der Waals surface area contributed by atoms with Crippen LogP contribution in [0, 0.1) is 6.92 Å². The van der Waals surface area contributed by atoms with Crippen LogP contribution in [-0.2, 0) is 5.75 Å². The maximum atomic E-state index is 6.55. The van der Waals surface area contributed by atoms with Gasteiger partial charge in [0.1, 0.15) is 5.15 Å². The number of hydrogen-bond donors (Lipinski definition) is 1. The molecule has 0 unspecified atom stereocenters. The highest BCUT2D eigenvalue weighted by Crippen LogP contribution is 2.34. The molecule has 1 aliphatic carbocycles. The Labute approximate surface area is 153 Å². The lowest BCUT2D eigenvalue weighted by Crippen LogP contribution is -1.99. The van der Waals surface area contributed by atoms with Crippen molar-refractivity contribution in [3.05, 3.63) is 46.7 Å². The number of benzene rings is 1. The third kappa shape index (κ3) is 3.43. The van der Waals surface area contributed by atoms with Gasteiger partial charge in [-0.3, -0.25) is 0 Å².